The van der Waals surface area contributed by atoms with Gasteiger partial charge in [-0.25, -0.2) is 8.42 Å². The van der Waals surface area contributed by atoms with Crippen molar-refractivity contribution in [3.8, 4) is 11.8 Å². The van der Waals surface area contributed by atoms with Gasteiger partial charge in [0.05, 0.1) is 17.1 Å². The molecule has 0 aliphatic rings. The smallest absolute Gasteiger partial charge is 0.207 e. The van der Waals surface area contributed by atoms with Crippen molar-refractivity contribution in [3.63, 3.8) is 0 Å². The van der Waals surface area contributed by atoms with Gasteiger partial charge in [-0.2, -0.15) is 17.9 Å². The Labute approximate surface area is 159 Å². The Hall–Kier alpha value is -1.72. The lowest BCUT2D eigenvalue weighted by atomic mass is 10.1. The zero-order chi connectivity index (χ0) is 19.5. The van der Waals surface area contributed by atoms with Crippen LogP contribution in [0.2, 0.25) is 10.0 Å². The van der Waals surface area contributed by atoms with Crippen molar-refractivity contribution in [2.75, 3.05) is 6.54 Å². The lowest BCUT2D eigenvalue weighted by Gasteiger charge is -2.09. The number of halogens is 5. The SMILES string of the molecule is Cc1cc(S(=O)(=O)NCC#Cc2ccccc2C(F)(F)F)c(Cl)cc1Cl. The van der Waals surface area contributed by atoms with Crippen LogP contribution < -0.4 is 4.72 Å². The molecule has 0 saturated heterocycles. The quantitative estimate of drug-likeness (QED) is 0.733. The molecule has 0 saturated carbocycles. The first-order valence-corrected chi connectivity index (χ1v) is 9.36. The van der Waals surface area contributed by atoms with E-state index in [0.717, 1.165) is 6.07 Å². The molecular weight excluding hydrogens is 410 g/mol. The molecule has 0 fully saturated rings. The van der Waals surface area contributed by atoms with Gasteiger partial charge in [-0.05, 0) is 36.8 Å². The molecule has 0 spiro atoms. The van der Waals surface area contributed by atoms with Crippen molar-refractivity contribution < 1.29 is 21.6 Å². The average molecular weight is 422 g/mol. The third kappa shape index (κ3) is 4.92. The molecule has 138 valence electrons. The van der Waals surface area contributed by atoms with Gasteiger partial charge in [0.1, 0.15) is 4.90 Å². The van der Waals surface area contributed by atoms with Crippen LogP contribution in [0.15, 0.2) is 41.3 Å². The Morgan fingerprint density at radius 2 is 1.77 bits per heavy atom. The summed E-state index contributed by atoms with van der Waals surface area (Å²) in [6.07, 6.45) is -4.54. The molecular formula is C17H12Cl2F3NO2S. The summed E-state index contributed by atoms with van der Waals surface area (Å²) in [5.41, 5.74) is -0.604. The van der Waals surface area contributed by atoms with E-state index < -0.39 is 21.8 Å². The third-order valence-electron chi connectivity index (χ3n) is 3.31. The Balaban J connectivity index is 2.19. The standard InChI is InChI=1S/C17H12Cl2F3NO2S/c1-11-9-16(15(19)10-14(11)18)26(24,25)23-8-4-6-12-5-2-3-7-13(12)17(20,21)22/h2-3,5,7,9-10,23H,8H2,1H3. The summed E-state index contributed by atoms with van der Waals surface area (Å²) in [4.78, 5) is -0.182. The van der Waals surface area contributed by atoms with Gasteiger partial charge in [-0.1, -0.05) is 47.2 Å². The molecule has 9 heteroatoms. The molecule has 26 heavy (non-hydrogen) atoms. The van der Waals surface area contributed by atoms with Gasteiger partial charge in [0, 0.05) is 10.6 Å². The van der Waals surface area contributed by atoms with Crippen LogP contribution in [-0.2, 0) is 16.2 Å². The number of sulfonamides is 1. The van der Waals surface area contributed by atoms with Crippen LogP contribution >= 0.6 is 23.2 Å². The van der Waals surface area contributed by atoms with Crippen molar-refractivity contribution in [1.29, 1.82) is 0 Å². The second kappa shape index (κ2) is 7.89. The van der Waals surface area contributed by atoms with E-state index in [2.05, 4.69) is 16.6 Å². The number of nitrogens with one attached hydrogen (secondary N) is 1. The molecule has 0 heterocycles. The molecule has 0 radical (unpaired) electrons. The first kappa shape index (κ1) is 20.6. The molecule has 0 atom stereocenters. The average Bonchev–Trinajstić information content (AvgIpc) is 2.54. The van der Waals surface area contributed by atoms with Gasteiger partial charge in [-0.3, -0.25) is 0 Å². The van der Waals surface area contributed by atoms with E-state index in [1.807, 2.05) is 0 Å². The summed E-state index contributed by atoms with van der Waals surface area (Å²) in [5, 5.41) is 0.251. The highest BCUT2D eigenvalue weighted by atomic mass is 35.5. The highest BCUT2D eigenvalue weighted by molar-refractivity contribution is 7.89. The van der Waals surface area contributed by atoms with Gasteiger partial charge in [0.15, 0.2) is 0 Å². The van der Waals surface area contributed by atoms with Crippen molar-refractivity contribution in [1.82, 2.24) is 4.72 Å². The highest BCUT2D eigenvalue weighted by Gasteiger charge is 2.32. The number of hydrogen-bond donors (Lipinski definition) is 1. The van der Waals surface area contributed by atoms with Crippen LogP contribution in [0.5, 0.6) is 0 Å². The Bertz CT molecular complexity index is 993. The molecule has 0 unspecified atom stereocenters. The van der Waals surface area contributed by atoms with E-state index in [9.17, 15) is 21.6 Å². The first-order chi connectivity index (χ1) is 12.0. The normalized spacial score (nSPS) is 11.8. The molecule has 2 aromatic carbocycles. The van der Waals surface area contributed by atoms with Crippen molar-refractivity contribution in [2.24, 2.45) is 0 Å². The van der Waals surface area contributed by atoms with Crippen LogP contribution in [0.4, 0.5) is 13.2 Å². The molecule has 0 aromatic heterocycles. The predicted molar refractivity (Wildman–Crippen MR) is 94.7 cm³/mol. The second-order valence-corrected chi connectivity index (χ2v) is 7.75. The molecule has 0 aliphatic heterocycles. The van der Waals surface area contributed by atoms with E-state index in [1.54, 1.807) is 6.92 Å². The maximum atomic E-state index is 12.9. The molecule has 3 nitrogen and oxygen atoms in total. The van der Waals surface area contributed by atoms with Gasteiger partial charge in [0.2, 0.25) is 10.0 Å². The van der Waals surface area contributed by atoms with Crippen LogP contribution in [0.3, 0.4) is 0 Å². The number of rotatable bonds is 3. The van der Waals surface area contributed by atoms with E-state index in [1.165, 1.54) is 30.3 Å². The van der Waals surface area contributed by atoms with Crippen LogP contribution in [0, 0.1) is 18.8 Å². The zero-order valence-corrected chi connectivity index (χ0v) is 15.6. The van der Waals surface area contributed by atoms with Gasteiger partial charge < -0.3 is 0 Å². The van der Waals surface area contributed by atoms with Crippen molar-refractivity contribution >= 4 is 33.2 Å². The van der Waals surface area contributed by atoms with E-state index in [0.29, 0.717) is 10.6 Å². The Morgan fingerprint density at radius 1 is 1.12 bits per heavy atom. The minimum atomic E-state index is -4.54. The molecule has 1 N–H and O–H groups in total. The monoisotopic (exact) mass is 421 g/mol. The van der Waals surface area contributed by atoms with E-state index in [4.69, 9.17) is 23.2 Å². The predicted octanol–water partition coefficient (Wildman–Crippen LogP) is 4.65. The zero-order valence-electron chi connectivity index (χ0n) is 13.3. The number of benzene rings is 2. The second-order valence-electron chi connectivity index (χ2n) is 5.20. The summed E-state index contributed by atoms with van der Waals surface area (Å²) >= 11 is 11.8. The minimum absolute atomic E-state index is 0.0662. The molecule has 2 aromatic rings. The molecule has 2 rings (SSSR count). The van der Waals surface area contributed by atoms with E-state index >= 15 is 0 Å². The molecule has 0 aliphatic carbocycles. The summed E-state index contributed by atoms with van der Waals surface area (Å²) in [7, 11) is -3.99. The Morgan fingerprint density at radius 3 is 2.42 bits per heavy atom. The van der Waals surface area contributed by atoms with Gasteiger partial charge >= 0.3 is 6.18 Å². The van der Waals surface area contributed by atoms with E-state index in [-0.39, 0.29) is 22.0 Å². The summed E-state index contributed by atoms with van der Waals surface area (Å²) in [6, 6.07) is 7.40. The summed E-state index contributed by atoms with van der Waals surface area (Å²) in [6.45, 7) is 1.23. The fourth-order valence-electron chi connectivity index (χ4n) is 2.02. The number of aryl methyl sites for hydroxylation is 1. The van der Waals surface area contributed by atoms with Crippen molar-refractivity contribution in [3.05, 3.63) is 63.1 Å². The van der Waals surface area contributed by atoms with Crippen molar-refractivity contribution in [2.45, 2.75) is 18.0 Å². The summed E-state index contributed by atoms with van der Waals surface area (Å²) < 4.78 is 65.4. The lowest BCUT2D eigenvalue weighted by molar-refractivity contribution is -0.137. The fourth-order valence-corrected chi connectivity index (χ4v) is 3.78. The number of alkyl halides is 3. The largest absolute Gasteiger partial charge is 0.417 e. The van der Waals surface area contributed by atoms with Crippen LogP contribution in [0.25, 0.3) is 0 Å². The molecule has 0 bridgehead atoms. The molecule has 0 amide bonds. The van der Waals surface area contributed by atoms with Gasteiger partial charge in [0.25, 0.3) is 0 Å². The Kier molecular flexibility index (Phi) is 6.25. The lowest BCUT2D eigenvalue weighted by Crippen LogP contribution is -2.24. The van der Waals surface area contributed by atoms with Crippen LogP contribution in [-0.4, -0.2) is 15.0 Å². The van der Waals surface area contributed by atoms with Crippen LogP contribution in [0.1, 0.15) is 16.7 Å². The third-order valence-corrected chi connectivity index (χ3v) is 5.58. The fraction of sp³-hybridized carbons (Fsp3) is 0.176. The number of hydrogen-bond acceptors (Lipinski definition) is 2. The summed E-state index contributed by atoms with van der Waals surface area (Å²) in [5.74, 6) is 4.70. The maximum Gasteiger partial charge on any atom is 0.417 e. The maximum absolute atomic E-state index is 12.9. The first-order valence-electron chi connectivity index (χ1n) is 7.13. The minimum Gasteiger partial charge on any atom is -0.207 e. The highest BCUT2D eigenvalue weighted by Crippen LogP contribution is 2.31. The van der Waals surface area contributed by atoms with Gasteiger partial charge in [-0.15, -0.1) is 0 Å². The topological polar surface area (TPSA) is 46.2 Å².